The zero-order valence-corrected chi connectivity index (χ0v) is 11.5. The van der Waals surface area contributed by atoms with Crippen LogP contribution in [0.3, 0.4) is 0 Å². The molecule has 0 aliphatic heterocycles. The Morgan fingerprint density at radius 1 is 0.950 bits per heavy atom. The highest BCUT2D eigenvalue weighted by molar-refractivity contribution is 6.30. The zero-order valence-electron chi connectivity index (χ0n) is 10.8. The summed E-state index contributed by atoms with van der Waals surface area (Å²) in [6.45, 7) is 1.89. The first-order chi connectivity index (χ1) is 9.65. The molecule has 100 valence electrons. The lowest BCUT2D eigenvalue weighted by Crippen LogP contribution is -1.99. The van der Waals surface area contributed by atoms with E-state index in [1.165, 1.54) is 0 Å². The summed E-state index contributed by atoms with van der Waals surface area (Å²) >= 11 is 5.92. The molecule has 0 saturated heterocycles. The predicted molar refractivity (Wildman–Crippen MR) is 78.2 cm³/mol. The number of aromatic hydroxyl groups is 1. The van der Waals surface area contributed by atoms with E-state index >= 15 is 0 Å². The summed E-state index contributed by atoms with van der Waals surface area (Å²) < 4.78 is 1.95. The van der Waals surface area contributed by atoms with Gasteiger partial charge in [-0.25, -0.2) is 0 Å². The number of hydrogen-bond donors (Lipinski definition) is 1. The fourth-order valence-electron chi connectivity index (χ4n) is 2.06. The van der Waals surface area contributed by atoms with Crippen LogP contribution in [-0.4, -0.2) is 19.9 Å². The first-order valence-electron chi connectivity index (χ1n) is 6.12. The molecular weight excluding hydrogens is 274 g/mol. The van der Waals surface area contributed by atoms with E-state index in [4.69, 9.17) is 11.6 Å². The molecule has 0 atom stereocenters. The van der Waals surface area contributed by atoms with E-state index in [0.29, 0.717) is 5.02 Å². The Hall–Kier alpha value is -2.33. The Labute approximate surface area is 121 Å². The molecule has 20 heavy (non-hydrogen) atoms. The van der Waals surface area contributed by atoms with Gasteiger partial charge >= 0.3 is 0 Å². The molecule has 0 spiro atoms. The third-order valence-corrected chi connectivity index (χ3v) is 3.29. The minimum Gasteiger partial charge on any atom is -0.508 e. The molecule has 0 bridgehead atoms. The Morgan fingerprint density at radius 3 is 2.25 bits per heavy atom. The molecule has 4 nitrogen and oxygen atoms in total. The Kier molecular flexibility index (Phi) is 3.16. The number of phenolic OH excluding ortho intramolecular Hbond substituents is 1. The van der Waals surface area contributed by atoms with Gasteiger partial charge in [0.2, 0.25) is 0 Å². The van der Waals surface area contributed by atoms with Crippen molar-refractivity contribution in [2.45, 2.75) is 6.92 Å². The second-order valence-electron chi connectivity index (χ2n) is 4.43. The second kappa shape index (κ2) is 4.98. The highest BCUT2D eigenvalue weighted by Crippen LogP contribution is 2.25. The molecule has 0 amide bonds. The Balaban J connectivity index is 2.14. The lowest BCUT2D eigenvalue weighted by Gasteiger charge is -2.09. The maximum Gasteiger partial charge on any atom is 0.168 e. The van der Waals surface area contributed by atoms with E-state index < -0.39 is 0 Å². The predicted octanol–water partition coefficient (Wildman–Crippen LogP) is 3.60. The lowest BCUT2D eigenvalue weighted by molar-refractivity contribution is 0.475. The van der Waals surface area contributed by atoms with Gasteiger partial charge in [0, 0.05) is 16.3 Å². The van der Waals surface area contributed by atoms with E-state index in [1.807, 2.05) is 47.9 Å². The number of halogens is 1. The summed E-state index contributed by atoms with van der Waals surface area (Å²) in [5.74, 6) is 1.74. The van der Waals surface area contributed by atoms with Crippen molar-refractivity contribution < 1.29 is 5.11 Å². The molecule has 2 aromatic carbocycles. The van der Waals surface area contributed by atoms with Crippen LogP contribution in [0.5, 0.6) is 5.75 Å². The molecule has 0 unspecified atom stereocenters. The summed E-state index contributed by atoms with van der Waals surface area (Å²) in [6, 6.07) is 14.4. The van der Waals surface area contributed by atoms with Crippen LogP contribution in [-0.2, 0) is 0 Å². The summed E-state index contributed by atoms with van der Waals surface area (Å²) in [5, 5.41) is 18.4. The van der Waals surface area contributed by atoms with Gasteiger partial charge in [-0.2, -0.15) is 0 Å². The second-order valence-corrected chi connectivity index (χ2v) is 4.87. The van der Waals surface area contributed by atoms with E-state index in [-0.39, 0.29) is 5.75 Å². The zero-order chi connectivity index (χ0) is 14.1. The average molecular weight is 286 g/mol. The van der Waals surface area contributed by atoms with Crippen LogP contribution in [0, 0.1) is 6.92 Å². The maximum atomic E-state index is 9.37. The van der Waals surface area contributed by atoms with Crippen LogP contribution < -0.4 is 0 Å². The van der Waals surface area contributed by atoms with Gasteiger partial charge in [0.1, 0.15) is 11.6 Å². The van der Waals surface area contributed by atoms with Gasteiger partial charge < -0.3 is 5.11 Å². The molecular formula is C15H12ClN3O. The molecule has 0 fully saturated rings. The van der Waals surface area contributed by atoms with Gasteiger partial charge in [-0.1, -0.05) is 11.6 Å². The lowest BCUT2D eigenvalue weighted by atomic mass is 10.2. The van der Waals surface area contributed by atoms with Crippen LogP contribution in [0.4, 0.5) is 0 Å². The number of hydrogen-bond acceptors (Lipinski definition) is 3. The summed E-state index contributed by atoms with van der Waals surface area (Å²) in [5.41, 5.74) is 1.83. The van der Waals surface area contributed by atoms with Gasteiger partial charge in [0.25, 0.3) is 0 Å². The van der Waals surface area contributed by atoms with Crippen molar-refractivity contribution in [1.29, 1.82) is 0 Å². The monoisotopic (exact) mass is 285 g/mol. The van der Waals surface area contributed by atoms with Crippen LogP contribution in [0.15, 0.2) is 48.5 Å². The molecule has 0 aliphatic rings. The smallest absolute Gasteiger partial charge is 0.168 e. The number of benzene rings is 2. The van der Waals surface area contributed by atoms with E-state index in [9.17, 15) is 5.11 Å². The number of phenols is 1. The summed E-state index contributed by atoms with van der Waals surface area (Å²) in [6.07, 6.45) is 0. The first kappa shape index (κ1) is 12.7. The van der Waals surface area contributed by atoms with Crippen LogP contribution in [0.2, 0.25) is 5.02 Å². The van der Waals surface area contributed by atoms with Crippen molar-refractivity contribution in [3.8, 4) is 22.8 Å². The molecule has 1 heterocycles. The largest absolute Gasteiger partial charge is 0.508 e. The molecule has 0 aliphatic carbocycles. The normalized spacial score (nSPS) is 10.7. The van der Waals surface area contributed by atoms with Gasteiger partial charge in [0.15, 0.2) is 5.82 Å². The van der Waals surface area contributed by atoms with Gasteiger partial charge in [-0.15, -0.1) is 10.2 Å². The molecule has 5 heteroatoms. The van der Waals surface area contributed by atoms with Crippen LogP contribution >= 0.6 is 11.6 Å². The first-order valence-corrected chi connectivity index (χ1v) is 6.50. The average Bonchev–Trinajstić information content (AvgIpc) is 2.83. The number of rotatable bonds is 2. The van der Waals surface area contributed by atoms with Crippen molar-refractivity contribution in [3.05, 3.63) is 59.4 Å². The molecule has 3 aromatic rings. The summed E-state index contributed by atoms with van der Waals surface area (Å²) in [7, 11) is 0. The molecule has 1 aromatic heterocycles. The fourth-order valence-corrected chi connectivity index (χ4v) is 2.19. The highest BCUT2D eigenvalue weighted by atomic mass is 35.5. The Morgan fingerprint density at radius 2 is 1.60 bits per heavy atom. The minimum absolute atomic E-state index is 0.225. The third kappa shape index (κ3) is 2.26. The van der Waals surface area contributed by atoms with E-state index in [2.05, 4.69) is 10.2 Å². The molecule has 0 radical (unpaired) electrons. The molecule has 0 saturated carbocycles. The summed E-state index contributed by atoms with van der Waals surface area (Å²) in [4.78, 5) is 0. The van der Waals surface area contributed by atoms with Crippen molar-refractivity contribution >= 4 is 11.6 Å². The van der Waals surface area contributed by atoms with Crippen molar-refractivity contribution in [3.63, 3.8) is 0 Å². The standard InChI is InChI=1S/C15H12ClN3O/c1-10-17-18-15(11-2-8-14(20)9-3-11)19(10)13-6-4-12(16)5-7-13/h2-9,20H,1H3. The van der Waals surface area contributed by atoms with Crippen molar-refractivity contribution in [2.75, 3.05) is 0 Å². The van der Waals surface area contributed by atoms with Gasteiger partial charge in [0.05, 0.1) is 0 Å². The van der Waals surface area contributed by atoms with Crippen LogP contribution in [0.25, 0.3) is 17.1 Å². The third-order valence-electron chi connectivity index (χ3n) is 3.04. The number of aryl methyl sites for hydroxylation is 1. The Bertz CT molecular complexity index is 733. The maximum absolute atomic E-state index is 9.37. The van der Waals surface area contributed by atoms with Crippen molar-refractivity contribution in [1.82, 2.24) is 14.8 Å². The molecule has 1 N–H and O–H groups in total. The van der Waals surface area contributed by atoms with Gasteiger partial charge in [-0.05, 0) is 55.5 Å². The fraction of sp³-hybridized carbons (Fsp3) is 0.0667. The van der Waals surface area contributed by atoms with Crippen molar-refractivity contribution in [2.24, 2.45) is 0 Å². The quantitative estimate of drug-likeness (QED) is 0.782. The van der Waals surface area contributed by atoms with Gasteiger partial charge in [-0.3, -0.25) is 4.57 Å². The van der Waals surface area contributed by atoms with Crippen LogP contribution in [0.1, 0.15) is 5.82 Å². The SMILES string of the molecule is Cc1nnc(-c2ccc(O)cc2)n1-c1ccc(Cl)cc1. The number of nitrogens with zero attached hydrogens (tertiary/aromatic N) is 3. The van der Waals surface area contributed by atoms with E-state index in [0.717, 1.165) is 22.9 Å². The highest BCUT2D eigenvalue weighted by Gasteiger charge is 2.12. The number of aromatic nitrogens is 3. The van der Waals surface area contributed by atoms with E-state index in [1.54, 1.807) is 12.1 Å². The molecule has 3 rings (SSSR count). The minimum atomic E-state index is 0.225. The topological polar surface area (TPSA) is 50.9 Å².